The van der Waals surface area contributed by atoms with Gasteiger partial charge in [-0.2, -0.15) is 5.10 Å². The van der Waals surface area contributed by atoms with E-state index < -0.39 is 0 Å². The summed E-state index contributed by atoms with van der Waals surface area (Å²) in [5.41, 5.74) is 0.936. The van der Waals surface area contributed by atoms with E-state index in [1.165, 1.54) is 0 Å². The molecule has 16 heavy (non-hydrogen) atoms. The van der Waals surface area contributed by atoms with Crippen molar-refractivity contribution in [2.75, 3.05) is 13.7 Å². The fraction of sp³-hybridized carbons (Fsp3) is 0.636. The van der Waals surface area contributed by atoms with Gasteiger partial charge in [-0.1, -0.05) is 0 Å². The van der Waals surface area contributed by atoms with Gasteiger partial charge in [0.1, 0.15) is 6.04 Å². The van der Waals surface area contributed by atoms with Crippen LogP contribution in [-0.2, 0) is 9.53 Å². The van der Waals surface area contributed by atoms with Crippen LogP contribution in [0.3, 0.4) is 0 Å². The Hall–Kier alpha value is -1.36. The molecule has 0 aromatic carbocycles. The smallest absolute Gasteiger partial charge is 0.325 e. The Balaban J connectivity index is 2.76. The third kappa shape index (κ3) is 2.82. The molecule has 5 heteroatoms. The zero-order valence-electron chi connectivity index (χ0n) is 10.2. The summed E-state index contributed by atoms with van der Waals surface area (Å²) < 4.78 is 6.77. The Bertz CT molecular complexity index is 349. The summed E-state index contributed by atoms with van der Waals surface area (Å²) in [5, 5.41) is 7.25. The lowest BCUT2D eigenvalue weighted by Gasteiger charge is -2.22. The van der Waals surface area contributed by atoms with Crippen molar-refractivity contribution >= 4 is 5.97 Å². The van der Waals surface area contributed by atoms with Gasteiger partial charge in [-0.25, -0.2) is 0 Å². The maximum Gasteiger partial charge on any atom is 0.325 e. The number of hydrogen-bond donors (Lipinski definition) is 1. The summed E-state index contributed by atoms with van der Waals surface area (Å²) in [5.74, 6) is -0.245. The first-order chi connectivity index (χ1) is 7.60. The van der Waals surface area contributed by atoms with Crippen molar-refractivity contribution in [2.24, 2.45) is 0 Å². The Kier molecular flexibility index (Phi) is 4.49. The molecule has 0 saturated heterocycles. The van der Waals surface area contributed by atoms with Gasteiger partial charge in [0.2, 0.25) is 0 Å². The van der Waals surface area contributed by atoms with E-state index in [0.717, 1.165) is 5.69 Å². The standard InChI is InChI=1S/C11H19N3O2/c1-5-16-11(15)10(12-4)9(3)14-7-6-8(2)13-14/h6-7,9-10,12H,5H2,1-4H3. The summed E-state index contributed by atoms with van der Waals surface area (Å²) in [4.78, 5) is 11.7. The van der Waals surface area contributed by atoms with Crippen LogP contribution < -0.4 is 5.32 Å². The minimum Gasteiger partial charge on any atom is -0.465 e. The average Bonchev–Trinajstić information content (AvgIpc) is 2.66. The molecule has 2 unspecified atom stereocenters. The van der Waals surface area contributed by atoms with Crippen LogP contribution in [0.2, 0.25) is 0 Å². The maximum absolute atomic E-state index is 11.7. The SMILES string of the molecule is CCOC(=O)C(NC)C(C)n1ccc(C)n1. The molecule has 0 bridgehead atoms. The maximum atomic E-state index is 11.7. The largest absolute Gasteiger partial charge is 0.465 e. The summed E-state index contributed by atoms with van der Waals surface area (Å²) in [7, 11) is 1.74. The highest BCUT2D eigenvalue weighted by Gasteiger charge is 2.26. The molecule has 90 valence electrons. The van der Waals surface area contributed by atoms with Crippen molar-refractivity contribution in [2.45, 2.75) is 32.9 Å². The van der Waals surface area contributed by atoms with Crippen LogP contribution in [0.1, 0.15) is 25.6 Å². The van der Waals surface area contributed by atoms with Gasteiger partial charge in [-0.15, -0.1) is 0 Å². The van der Waals surface area contributed by atoms with Crippen LogP contribution in [0.4, 0.5) is 0 Å². The fourth-order valence-corrected chi connectivity index (χ4v) is 1.60. The molecule has 0 aliphatic carbocycles. The fourth-order valence-electron chi connectivity index (χ4n) is 1.60. The number of hydrogen-bond acceptors (Lipinski definition) is 4. The van der Waals surface area contributed by atoms with E-state index in [0.29, 0.717) is 6.61 Å². The third-order valence-corrected chi connectivity index (χ3v) is 2.49. The quantitative estimate of drug-likeness (QED) is 0.757. The molecule has 1 N–H and O–H groups in total. The van der Waals surface area contributed by atoms with E-state index in [1.807, 2.05) is 26.1 Å². The van der Waals surface area contributed by atoms with Crippen LogP contribution in [0.5, 0.6) is 0 Å². The first-order valence-corrected chi connectivity index (χ1v) is 5.45. The molecule has 1 heterocycles. The molecule has 2 atom stereocenters. The highest BCUT2D eigenvalue weighted by atomic mass is 16.5. The zero-order chi connectivity index (χ0) is 12.1. The number of likely N-dealkylation sites (N-methyl/N-ethyl adjacent to an activating group) is 1. The number of nitrogens with zero attached hydrogens (tertiary/aromatic N) is 2. The molecule has 0 aliphatic rings. The molecule has 1 aromatic rings. The lowest BCUT2D eigenvalue weighted by atomic mass is 10.1. The van der Waals surface area contributed by atoms with Crippen LogP contribution in [0.25, 0.3) is 0 Å². The summed E-state index contributed by atoms with van der Waals surface area (Å²) in [6, 6.07) is 1.46. The van der Waals surface area contributed by atoms with Crippen molar-refractivity contribution in [3.05, 3.63) is 18.0 Å². The zero-order valence-corrected chi connectivity index (χ0v) is 10.2. The monoisotopic (exact) mass is 225 g/mol. The van der Waals surface area contributed by atoms with E-state index in [1.54, 1.807) is 18.7 Å². The highest BCUT2D eigenvalue weighted by molar-refractivity contribution is 5.76. The van der Waals surface area contributed by atoms with Crippen molar-refractivity contribution in [3.63, 3.8) is 0 Å². The first kappa shape index (κ1) is 12.7. The Morgan fingerprint density at radius 2 is 2.38 bits per heavy atom. The molecule has 0 spiro atoms. The second kappa shape index (κ2) is 5.65. The predicted molar refractivity (Wildman–Crippen MR) is 61.2 cm³/mol. The van der Waals surface area contributed by atoms with Crippen LogP contribution in [-0.4, -0.2) is 35.4 Å². The Morgan fingerprint density at radius 3 is 2.81 bits per heavy atom. The second-order valence-electron chi connectivity index (χ2n) is 3.70. The van der Waals surface area contributed by atoms with Crippen LogP contribution in [0, 0.1) is 6.92 Å². The van der Waals surface area contributed by atoms with Crippen molar-refractivity contribution in [1.29, 1.82) is 0 Å². The number of nitrogens with one attached hydrogen (secondary N) is 1. The molecule has 0 radical (unpaired) electrons. The second-order valence-corrected chi connectivity index (χ2v) is 3.70. The number of ether oxygens (including phenoxy) is 1. The number of carbonyl (C=O) groups is 1. The lowest BCUT2D eigenvalue weighted by Crippen LogP contribution is -2.42. The van der Waals surface area contributed by atoms with Crippen molar-refractivity contribution < 1.29 is 9.53 Å². The summed E-state index contributed by atoms with van der Waals surface area (Å²) >= 11 is 0. The van der Waals surface area contributed by atoms with Gasteiger partial charge in [0.15, 0.2) is 0 Å². The van der Waals surface area contributed by atoms with E-state index in [-0.39, 0.29) is 18.1 Å². The van der Waals surface area contributed by atoms with E-state index >= 15 is 0 Å². The molecule has 0 fully saturated rings. The molecule has 5 nitrogen and oxygen atoms in total. The summed E-state index contributed by atoms with van der Waals surface area (Å²) in [6.45, 7) is 6.04. The minimum atomic E-state index is -0.376. The topological polar surface area (TPSA) is 56.1 Å². The molecule has 1 aromatic heterocycles. The van der Waals surface area contributed by atoms with Gasteiger partial charge >= 0.3 is 5.97 Å². The van der Waals surface area contributed by atoms with Gasteiger partial charge in [0.25, 0.3) is 0 Å². The first-order valence-electron chi connectivity index (χ1n) is 5.45. The Morgan fingerprint density at radius 1 is 1.69 bits per heavy atom. The third-order valence-electron chi connectivity index (χ3n) is 2.49. The van der Waals surface area contributed by atoms with Gasteiger partial charge < -0.3 is 10.1 Å². The number of esters is 1. The van der Waals surface area contributed by atoms with Gasteiger partial charge in [-0.3, -0.25) is 9.48 Å². The van der Waals surface area contributed by atoms with Crippen molar-refractivity contribution in [1.82, 2.24) is 15.1 Å². The van der Waals surface area contributed by atoms with Gasteiger partial charge in [0.05, 0.1) is 18.3 Å². The highest BCUT2D eigenvalue weighted by Crippen LogP contribution is 2.11. The Labute approximate surface area is 95.8 Å². The van der Waals surface area contributed by atoms with Crippen LogP contribution in [0.15, 0.2) is 12.3 Å². The number of rotatable bonds is 5. The molecule has 1 rings (SSSR count). The van der Waals surface area contributed by atoms with E-state index in [2.05, 4.69) is 10.4 Å². The van der Waals surface area contributed by atoms with Gasteiger partial charge in [-0.05, 0) is 33.9 Å². The van der Waals surface area contributed by atoms with Gasteiger partial charge in [0, 0.05) is 6.20 Å². The van der Waals surface area contributed by atoms with E-state index in [9.17, 15) is 4.79 Å². The van der Waals surface area contributed by atoms with Crippen LogP contribution >= 0.6 is 0 Å². The minimum absolute atomic E-state index is 0.0715. The molecular weight excluding hydrogens is 206 g/mol. The summed E-state index contributed by atoms with van der Waals surface area (Å²) in [6.07, 6.45) is 1.86. The molecule has 0 saturated carbocycles. The number of aromatic nitrogens is 2. The molecule has 0 amide bonds. The van der Waals surface area contributed by atoms with Crippen molar-refractivity contribution in [3.8, 4) is 0 Å². The molecular formula is C11H19N3O2. The molecule has 0 aliphatic heterocycles. The lowest BCUT2D eigenvalue weighted by molar-refractivity contribution is -0.146. The predicted octanol–water partition coefficient (Wildman–Crippen LogP) is 0.904. The van der Waals surface area contributed by atoms with E-state index in [4.69, 9.17) is 4.74 Å². The number of aryl methyl sites for hydroxylation is 1. The number of carbonyl (C=O) groups excluding carboxylic acids is 1. The normalized spacial score (nSPS) is 14.5. The average molecular weight is 225 g/mol.